The number of hydrogen-bond donors (Lipinski definition) is 0. The van der Waals surface area contributed by atoms with Crippen molar-refractivity contribution in [3.63, 3.8) is 0 Å². The van der Waals surface area contributed by atoms with Gasteiger partial charge in [-0.2, -0.15) is 5.26 Å². The zero-order chi connectivity index (χ0) is 10.1. The van der Waals surface area contributed by atoms with E-state index >= 15 is 0 Å². The molecule has 0 aliphatic heterocycles. The molecular weight excluding hydrogens is 214 g/mol. The molecule has 0 fully saturated rings. The number of hydrogen-bond acceptors (Lipinski definition) is 2. The molecule has 1 heterocycles. The lowest BCUT2D eigenvalue weighted by molar-refractivity contribution is 1.43. The molecule has 0 radical (unpaired) electrons. The van der Waals surface area contributed by atoms with Gasteiger partial charge in [-0.3, -0.25) is 0 Å². The minimum atomic E-state index is 0.409. The van der Waals surface area contributed by atoms with Crippen LogP contribution in [0.4, 0.5) is 0 Å². The second-order valence-corrected chi connectivity index (χ2v) is 4.47. The van der Waals surface area contributed by atoms with Crippen LogP contribution in [0.1, 0.15) is 16.0 Å². The van der Waals surface area contributed by atoms with Gasteiger partial charge in [0.2, 0.25) is 0 Å². The molecule has 0 N–H and O–H groups in total. The molecule has 0 spiro atoms. The summed E-state index contributed by atoms with van der Waals surface area (Å²) in [5.74, 6) is 0.409. The number of benzene rings is 1. The Morgan fingerprint density at radius 3 is 2.93 bits per heavy atom. The molecule has 1 aromatic carbocycles. The summed E-state index contributed by atoms with van der Waals surface area (Å²) in [5.41, 5.74) is 2.18. The molecule has 0 saturated carbocycles. The molecule has 3 heteroatoms. The van der Waals surface area contributed by atoms with Gasteiger partial charge < -0.3 is 0 Å². The van der Waals surface area contributed by atoms with Gasteiger partial charge in [-0.25, -0.2) is 0 Å². The van der Waals surface area contributed by atoms with Gasteiger partial charge >= 0.3 is 0 Å². The lowest BCUT2D eigenvalue weighted by Gasteiger charge is -1.94. The number of fused-ring (bicyclic) bond motifs is 1. The van der Waals surface area contributed by atoms with Crippen LogP contribution >= 0.6 is 22.9 Å². The Bertz CT molecular complexity index is 522. The highest BCUT2D eigenvalue weighted by Gasteiger charge is 2.10. The highest BCUT2D eigenvalue weighted by atomic mass is 35.5. The second-order valence-electron chi connectivity index (χ2n) is 3.15. The van der Waals surface area contributed by atoms with E-state index in [0.717, 1.165) is 20.5 Å². The zero-order valence-electron chi connectivity index (χ0n) is 7.67. The predicted octanol–water partition coefficient (Wildman–Crippen LogP) is 3.82. The standard InChI is InChI=1S/C11H8ClNS/c1-7-2-3-8-9(5-12)11(6-13)14-10(8)4-7/h2-4H,5H2,1H3. The molecule has 1 nitrogen and oxygen atoms in total. The van der Waals surface area contributed by atoms with Crippen LogP contribution in [0.25, 0.3) is 10.1 Å². The molecule has 0 aliphatic carbocycles. The first kappa shape index (κ1) is 9.51. The first-order chi connectivity index (χ1) is 6.76. The van der Waals surface area contributed by atoms with Crippen LogP contribution < -0.4 is 0 Å². The van der Waals surface area contributed by atoms with Crippen molar-refractivity contribution < 1.29 is 0 Å². The van der Waals surface area contributed by atoms with E-state index in [4.69, 9.17) is 16.9 Å². The van der Waals surface area contributed by atoms with Crippen molar-refractivity contribution in [2.45, 2.75) is 12.8 Å². The van der Waals surface area contributed by atoms with Gasteiger partial charge in [-0.05, 0) is 23.9 Å². The first-order valence-electron chi connectivity index (χ1n) is 4.24. The number of aryl methyl sites for hydroxylation is 1. The van der Waals surface area contributed by atoms with Crippen molar-refractivity contribution in [2.24, 2.45) is 0 Å². The summed E-state index contributed by atoms with van der Waals surface area (Å²) < 4.78 is 1.15. The molecule has 0 bridgehead atoms. The van der Waals surface area contributed by atoms with Crippen LogP contribution in [0.3, 0.4) is 0 Å². The van der Waals surface area contributed by atoms with Gasteiger partial charge in [0.25, 0.3) is 0 Å². The maximum atomic E-state index is 8.92. The summed E-state index contributed by atoms with van der Waals surface area (Å²) in [6.07, 6.45) is 0. The van der Waals surface area contributed by atoms with E-state index in [1.54, 1.807) is 0 Å². The lowest BCUT2D eigenvalue weighted by atomic mass is 10.1. The molecule has 0 aliphatic rings. The van der Waals surface area contributed by atoms with Gasteiger partial charge in [0.05, 0.1) is 5.88 Å². The highest BCUT2D eigenvalue weighted by molar-refractivity contribution is 7.19. The number of thiophene rings is 1. The molecule has 0 amide bonds. The van der Waals surface area contributed by atoms with Crippen LogP contribution in [0.15, 0.2) is 18.2 Å². The van der Waals surface area contributed by atoms with Gasteiger partial charge in [0, 0.05) is 10.3 Å². The number of alkyl halides is 1. The van der Waals surface area contributed by atoms with Crippen LogP contribution in [0.2, 0.25) is 0 Å². The monoisotopic (exact) mass is 221 g/mol. The second kappa shape index (κ2) is 3.61. The fraction of sp³-hybridized carbons (Fsp3) is 0.182. The number of nitrogens with zero attached hydrogens (tertiary/aromatic N) is 1. The third-order valence-corrected chi connectivity index (χ3v) is 3.55. The van der Waals surface area contributed by atoms with Crippen molar-refractivity contribution in [1.29, 1.82) is 5.26 Å². The SMILES string of the molecule is Cc1ccc2c(CCl)c(C#N)sc2c1. The van der Waals surface area contributed by atoms with Crippen LogP contribution in [-0.4, -0.2) is 0 Å². The Labute approximate surface area is 91.5 Å². The van der Waals surface area contributed by atoms with Gasteiger partial charge in [0.1, 0.15) is 10.9 Å². The summed E-state index contributed by atoms with van der Waals surface area (Å²) in [5, 5.41) is 10.0. The summed E-state index contributed by atoms with van der Waals surface area (Å²) in [6.45, 7) is 2.05. The largest absolute Gasteiger partial charge is 0.192 e. The third kappa shape index (κ3) is 1.39. The Morgan fingerprint density at radius 1 is 1.50 bits per heavy atom. The molecule has 2 rings (SSSR count). The topological polar surface area (TPSA) is 23.8 Å². The maximum absolute atomic E-state index is 8.92. The Hall–Kier alpha value is -1.04. The van der Waals surface area contributed by atoms with Crippen molar-refractivity contribution in [1.82, 2.24) is 0 Å². The zero-order valence-corrected chi connectivity index (χ0v) is 9.25. The molecule has 0 saturated heterocycles. The van der Waals surface area contributed by atoms with E-state index in [0.29, 0.717) is 5.88 Å². The van der Waals surface area contributed by atoms with Crippen LogP contribution in [-0.2, 0) is 5.88 Å². The van der Waals surface area contributed by atoms with Crippen LogP contribution in [0.5, 0.6) is 0 Å². The van der Waals surface area contributed by atoms with E-state index in [1.165, 1.54) is 16.9 Å². The van der Waals surface area contributed by atoms with E-state index in [1.807, 2.05) is 19.1 Å². The van der Waals surface area contributed by atoms with Gasteiger partial charge in [-0.1, -0.05) is 12.1 Å². The van der Waals surface area contributed by atoms with E-state index in [2.05, 4.69) is 12.1 Å². The molecule has 2 aromatic rings. The summed E-state index contributed by atoms with van der Waals surface area (Å²) >= 11 is 7.34. The average molecular weight is 222 g/mol. The quantitative estimate of drug-likeness (QED) is 0.672. The molecule has 14 heavy (non-hydrogen) atoms. The predicted molar refractivity (Wildman–Crippen MR) is 60.8 cm³/mol. The molecule has 0 atom stereocenters. The Kier molecular flexibility index (Phi) is 2.45. The Balaban J connectivity index is 2.81. The normalized spacial score (nSPS) is 10.4. The summed E-state index contributed by atoms with van der Waals surface area (Å²) in [7, 11) is 0. The van der Waals surface area contributed by atoms with E-state index in [9.17, 15) is 0 Å². The summed E-state index contributed by atoms with van der Waals surface area (Å²) in [4.78, 5) is 0.737. The first-order valence-corrected chi connectivity index (χ1v) is 5.59. The minimum Gasteiger partial charge on any atom is -0.192 e. The smallest absolute Gasteiger partial charge is 0.110 e. The number of rotatable bonds is 1. The van der Waals surface area contributed by atoms with Crippen molar-refractivity contribution >= 4 is 33.0 Å². The summed E-state index contributed by atoms with van der Waals surface area (Å²) in [6, 6.07) is 8.37. The lowest BCUT2D eigenvalue weighted by Crippen LogP contribution is -1.78. The van der Waals surface area contributed by atoms with Crippen molar-refractivity contribution in [3.05, 3.63) is 34.2 Å². The van der Waals surface area contributed by atoms with E-state index < -0.39 is 0 Å². The number of halogens is 1. The molecule has 1 aromatic heterocycles. The molecule has 70 valence electrons. The Morgan fingerprint density at radius 2 is 2.29 bits per heavy atom. The van der Waals surface area contributed by atoms with Gasteiger partial charge in [0.15, 0.2) is 0 Å². The fourth-order valence-corrected chi connectivity index (χ4v) is 2.95. The fourth-order valence-electron chi connectivity index (χ4n) is 1.48. The minimum absolute atomic E-state index is 0.409. The van der Waals surface area contributed by atoms with E-state index in [-0.39, 0.29) is 0 Å². The molecule has 0 unspecified atom stereocenters. The molecular formula is C11H8ClNS. The maximum Gasteiger partial charge on any atom is 0.110 e. The van der Waals surface area contributed by atoms with Crippen molar-refractivity contribution in [2.75, 3.05) is 0 Å². The average Bonchev–Trinajstić information content (AvgIpc) is 2.54. The number of nitriles is 1. The van der Waals surface area contributed by atoms with Crippen molar-refractivity contribution in [3.8, 4) is 6.07 Å². The van der Waals surface area contributed by atoms with Crippen LogP contribution in [0, 0.1) is 18.3 Å². The highest BCUT2D eigenvalue weighted by Crippen LogP contribution is 2.32. The third-order valence-electron chi connectivity index (χ3n) is 2.18. The van der Waals surface area contributed by atoms with Gasteiger partial charge in [-0.15, -0.1) is 22.9 Å².